The molecule has 0 radical (unpaired) electrons. The van der Waals surface area contributed by atoms with E-state index in [4.69, 9.17) is 4.74 Å². The fraction of sp³-hybridized carbons (Fsp3) is 0.471. The van der Waals surface area contributed by atoms with Crippen LogP contribution in [0.1, 0.15) is 48.9 Å². The molecule has 0 saturated carbocycles. The lowest BCUT2D eigenvalue weighted by atomic mass is 9.88. The molecule has 3 nitrogen and oxygen atoms in total. The van der Waals surface area contributed by atoms with E-state index in [0.29, 0.717) is 18.4 Å². The number of esters is 1. The van der Waals surface area contributed by atoms with Gasteiger partial charge in [-0.05, 0) is 50.3 Å². The van der Waals surface area contributed by atoms with Crippen molar-refractivity contribution in [3.8, 4) is 0 Å². The molecule has 0 aromatic heterocycles. The molecule has 2 rings (SSSR count). The predicted molar refractivity (Wildman–Crippen MR) is 79.6 cm³/mol. The summed E-state index contributed by atoms with van der Waals surface area (Å²) >= 11 is 0. The Balaban J connectivity index is 2.69. The molecule has 20 heavy (non-hydrogen) atoms. The van der Waals surface area contributed by atoms with Gasteiger partial charge in [-0.3, -0.25) is 0 Å². The van der Waals surface area contributed by atoms with Crippen molar-refractivity contribution in [2.45, 2.75) is 53.1 Å². The third-order valence-electron chi connectivity index (χ3n) is 4.23. The molecule has 0 unspecified atom stereocenters. The normalized spacial score (nSPS) is 17.6. The molecule has 1 aromatic carbocycles. The second kappa shape index (κ2) is 4.97. The number of aliphatic hydroxyl groups is 1. The first-order chi connectivity index (χ1) is 9.36. The first-order valence-corrected chi connectivity index (χ1v) is 7.11. The zero-order valence-electron chi connectivity index (χ0n) is 12.8. The molecule has 1 aliphatic rings. The lowest BCUT2D eigenvalue weighted by molar-refractivity contribution is -0.147. The fourth-order valence-corrected chi connectivity index (χ4v) is 3.13. The zero-order valence-corrected chi connectivity index (χ0v) is 12.8. The number of hydrogen-bond donors (Lipinski definition) is 1. The number of cyclic esters (lactones) is 1. The van der Waals surface area contributed by atoms with E-state index >= 15 is 0 Å². The molecule has 3 heteroatoms. The lowest BCUT2D eigenvalue weighted by Crippen LogP contribution is -2.30. The summed E-state index contributed by atoms with van der Waals surface area (Å²) in [6.45, 7) is 9.78. The third-order valence-corrected chi connectivity index (χ3v) is 4.23. The van der Waals surface area contributed by atoms with Crippen molar-refractivity contribution < 1.29 is 14.6 Å². The summed E-state index contributed by atoms with van der Waals surface area (Å²) < 4.78 is 5.50. The van der Waals surface area contributed by atoms with E-state index in [1.807, 2.05) is 46.8 Å². The van der Waals surface area contributed by atoms with Crippen LogP contribution >= 0.6 is 0 Å². The molecule has 0 spiro atoms. The molecule has 1 aromatic rings. The molecular weight excluding hydrogens is 252 g/mol. The van der Waals surface area contributed by atoms with Crippen molar-refractivity contribution in [2.75, 3.05) is 0 Å². The summed E-state index contributed by atoms with van der Waals surface area (Å²) in [6.07, 6.45) is 1.16. The van der Waals surface area contributed by atoms with Gasteiger partial charge in [-0.2, -0.15) is 0 Å². The van der Waals surface area contributed by atoms with Gasteiger partial charge in [0.05, 0.1) is 0 Å². The quantitative estimate of drug-likeness (QED) is 0.847. The number of hydrogen-bond acceptors (Lipinski definition) is 3. The molecule has 1 N–H and O–H groups in total. The van der Waals surface area contributed by atoms with Crippen LogP contribution in [0.3, 0.4) is 0 Å². The molecule has 0 bridgehead atoms. The molecule has 0 atom stereocenters. The van der Waals surface area contributed by atoms with E-state index in [1.165, 1.54) is 0 Å². The Morgan fingerprint density at radius 3 is 2.00 bits per heavy atom. The number of aryl methyl sites for hydroxylation is 3. The molecule has 108 valence electrons. The van der Waals surface area contributed by atoms with Crippen molar-refractivity contribution in [1.82, 2.24) is 0 Å². The van der Waals surface area contributed by atoms with Crippen LogP contribution < -0.4 is 0 Å². The number of benzene rings is 1. The summed E-state index contributed by atoms with van der Waals surface area (Å²) in [7, 11) is 0. The Kier molecular flexibility index (Phi) is 3.63. The number of rotatable bonds is 3. The smallest absolute Gasteiger partial charge is 0.343 e. The van der Waals surface area contributed by atoms with Crippen LogP contribution in [0.25, 0.3) is 5.57 Å². The largest absolute Gasteiger partial charge is 0.507 e. The van der Waals surface area contributed by atoms with E-state index < -0.39 is 11.6 Å². The molecule has 0 fully saturated rings. The van der Waals surface area contributed by atoms with Gasteiger partial charge in [0.1, 0.15) is 5.57 Å². The van der Waals surface area contributed by atoms with Gasteiger partial charge in [0.25, 0.3) is 0 Å². The summed E-state index contributed by atoms with van der Waals surface area (Å²) in [5.41, 5.74) is 3.42. The van der Waals surface area contributed by atoms with Gasteiger partial charge in [0.2, 0.25) is 0 Å². The van der Waals surface area contributed by atoms with Crippen molar-refractivity contribution in [3.05, 3.63) is 40.1 Å². The van der Waals surface area contributed by atoms with Crippen molar-refractivity contribution >= 4 is 11.5 Å². The molecular formula is C17H22O3. The first-order valence-electron chi connectivity index (χ1n) is 7.11. The zero-order chi connectivity index (χ0) is 15.1. The number of carbonyl (C=O) groups excluding carboxylic acids is 1. The predicted octanol–water partition coefficient (Wildman–Crippen LogP) is 4.00. The van der Waals surface area contributed by atoms with Crippen LogP contribution in [0.4, 0.5) is 0 Å². The molecule has 0 aliphatic carbocycles. The van der Waals surface area contributed by atoms with Crippen LogP contribution in [0.2, 0.25) is 0 Å². The molecule has 1 aliphatic heterocycles. The van der Waals surface area contributed by atoms with Gasteiger partial charge in [-0.15, -0.1) is 0 Å². The van der Waals surface area contributed by atoms with E-state index in [-0.39, 0.29) is 5.76 Å². The molecule has 0 saturated heterocycles. The van der Waals surface area contributed by atoms with Crippen molar-refractivity contribution in [1.29, 1.82) is 0 Å². The third kappa shape index (κ3) is 2.01. The maximum atomic E-state index is 12.3. The highest BCUT2D eigenvalue weighted by Gasteiger charge is 2.46. The Morgan fingerprint density at radius 2 is 1.60 bits per heavy atom. The Bertz CT molecular complexity index is 569. The minimum atomic E-state index is -0.851. The SMILES string of the molecule is CCC1(CC)OC(=O)C(c2c(C)cc(C)cc2C)=C1O. The van der Waals surface area contributed by atoms with Crippen LogP contribution in [0, 0.1) is 20.8 Å². The van der Waals surface area contributed by atoms with Crippen LogP contribution in [0.15, 0.2) is 17.9 Å². The Morgan fingerprint density at radius 1 is 1.10 bits per heavy atom. The highest BCUT2D eigenvalue weighted by molar-refractivity contribution is 6.20. The van der Waals surface area contributed by atoms with Crippen molar-refractivity contribution in [2.24, 2.45) is 0 Å². The number of ether oxygens (including phenoxy) is 1. The monoisotopic (exact) mass is 274 g/mol. The topological polar surface area (TPSA) is 46.5 Å². The first kappa shape index (κ1) is 14.6. The van der Waals surface area contributed by atoms with E-state index in [9.17, 15) is 9.90 Å². The standard InChI is InChI=1S/C17H22O3/c1-6-17(7-2)15(18)14(16(19)20-17)13-11(4)8-10(3)9-12(13)5/h8-9,18H,6-7H2,1-5H3. The Labute approximate surface area is 120 Å². The highest BCUT2D eigenvalue weighted by atomic mass is 16.6. The minimum Gasteiger partial charge on any atom is -0.507 e. The van der Waals surface area contributed by atoms with Gasteiger partial charge in [0, 0.05) is 0 Å². The highest BCUT2D eigenvalue weighted by Crippen LogP contribution is 2.42. The fourth-order valence-electron chi connectivity index (χ4n) is 3.13. The maximum Gasteiger partial charge on any atom is 0.343 e. The van der Waals surface area contributed by atoms with Crippen LogP contribution in [-0.2, 0) is 9.53 Å². The molecule has 0 amide bonds. The van der Waals surface area contributed by atoms with E-state index in [0.717, 1.165) is 22.3 Å². The van der Waals surface area contributed by atoms with Gasteiger partial charge in [-0.1, -0.05) is 31.5 Å². The lowest BCUT2D eigenvalue weighted by Gasteiger charge is -2.24. The number of carbonyl (C=O) groups is 1. The average molecular weight is 274 g/mol. The van der Waals surface area contributed by atoms with Crippen LogP contribution in [-0.4, -0.2) is 16.7 Å². The summed E-state index contributed by atoms with van der Waals surface area (Å²) in [5.74, 6) is -0.330. The van der Waals surface area contributed by atoms with Gasteiger partial charge >= 0.3 is 5.97 Å². The molecule has 1 heterocycles. The van der Waals surface area contributed by atoms with E-state index in [1.54, 1.807) is 0 Å². The van der Waals surface area contributed by atoms with Crippen molar-refractivity contribution in [3.63, 3.8) is 0 Å². The summed E-state index contributed by atoms with van der Waals surface area (Å²) in [6, 6.07) is 4.04. The van der Waals surface area contributed by atoms with Crippen LogP contribution in [0.5, 0.6) is 0 Å². The summed E-state index contributed by atoms with van der Waals surface area (Å²) in [5, 5.41) is 10.6. The Hall–Kier alpha value is -1.77. The maximum absolute atomic E-state index is 12.3. The number of aliphatic hydroxyl groups excluding tert-OH is 1. The minimum absolute atomic E-state index is 0.0857. The second-order valence-corrected chi connectivity index (χ2v) is 5.59. The van der Waals surface area contributed by atoms with Gasteiger partial charge in [-0.25, -0.2) is 4.79 Å². The second-order valence-electron chi connectivity index (χ2n) is 5.59. The summed E-state index contributed by atoms with van der Waals surface area (Å²) in [4.78, 5) is 12.3. The van der Waals surface area contributed by atoms with Gasteiger partial charge in [0.15, 0.2) is 11.4 Å². The van der Waals surface area contributed by atoms with E-state index in [2.05, 4.69) is 0 Å². The average Bonchev–Trinajstić information content (AvgIpc) is 2.62. The van der Waals surface area contributed by atoms with Gasteiger partial charge < -0.3 is 9.84 Å².